The maximum absolute atomic E-state index is 4.62. The number of anilines is 1. The topological polar surface area (TPSA) is 46.8 Å². The van der Waals surface area contributed by atoms with E-state index in [9.17, 15) is 0 Å². The number of fused-ring (bicyclic) bond motifs is 2. The molecule has 24 heavy (non-hydrogen) atoms. The lowest BCUT2D eigenvalue weighted by molar-refractivity contribution is 0.560. The highest BCUT2D eigenvalue weighted by atomic mass is 32.1. The molecule has 0 amide bonds. The first-order valence-electron chi connectivity index (χ1n) is 8.92. The zero-order chi connectivity index (χ0) is 15.9. The lowest BCUT2D eigenvalue weighted by atomic mass is 10.2. The van der Waals surface area contributed by atoms with Crippen molar-refractivity contribution in [1.82, 2.24) is 19.7 Å². The number of aryl methyl sites for hydroxylation is 1. The molecule has 1 atom stereocenters. The summed E-state index contributed by atoms with van der Waals surface area (Å²) in [6, 6.07) is 4.62. The maximum Gasteiger partial charge on any atom is 0.155 e. The Bertz CT molecular complexity index is 867. The number of thiophene rings is 1. The monoisotopic (exact) mass is 339 g/mol. The Balaban J connectivity index is 1.57. The molecular weight excluding hydrogens is 318 g/mol. The fourth-order valence-electron chi connectivity index (χ4n) is 4.16. The maximum atomic E-state index is 4.62. The molecule has 124 valence electrons. The minimum absolute atomic E-state index is 0.344. The van der Waals surface area contributed by atoms with Gasteiger partial charge in [-0.25, -0.2) is 0 Å². The molecule has 5 nitrogen and oxygen atoms in total. The molecule has 1 fully saturated rings. The van der Waals surface area contributed by atoms with Crippen LogP contribution in [0.1, 0.15) is 49.8 Å². The van der Waals surface area contributed by atoms with Crippen molar-refractivity contribution in [2.45, 2.75) is 51.1 Å². The molecule has 2 aliphatic heterocycles. The molecule has 0 radical (unpaired) electrons. The van der Waals surface area contributed by atoms with Crippen LogP contribution in [-0.2, 0) is 13.0 Å². The van der Waals surface area contributed by atoms with Gasteiger partial charge >= 0.3 is 0 Å². The van der Waals surface area contributed by atoms with Crippen LogP contribution in [0.3, 0.4) is 0 Å². The van der Waals surface area contributed by atoms with Gasteiger partial charge in [-0.05, 0) is 43.2 Å². The van der Waals surface area contributed by atoms with Gasteiger partial charge in [0.25, 0.3) is 0 Å². The number of nitrogens with zero attached hydrogens (tertiary/aromatic N) is 5. The first kappa shape index (κ1) is 14.4. The SMILES string of the molecule is c1cc(N2CCCC2c2nnc3n2CCCCC3)c2sccc2n1. The summed E-state index contributed by atoms with van der Waals surface area (Å²) in [6.45, 7) is 2.16. The normalized spacial score (nSPS) is 21.2. The minimum atomic E-state index is 0.344. The van der Waals surface area contributed by atoms with E-state index >= 15 is 0 Å². The number of aromatic nitrogens is 4. The van der Waals surface area contributed by atoms with E-state index in [4.69, 9.17) is 0 Å². The second-order valence-electron chi connectivity index (χ2n) is 6.75. The molecule has 3 aromatic heterocycles. The van der Waals surface area contributed by atoms with Crippen molar-refractivity contribution in [1.29, 1.82) is 0 Å². The standard InChI is InChI=1S/C18H21N5S/c1-2-6-16-20-21-18(23(16)10-3-1)15-5-4-11-22(15)14-7-9-19-13-8-12-24-17(13)14/h7-9,12,15H,1-6,10-11H2. The Labute approximate surface area is 145 Å². The van der Waals surface area contributed by atoms with E-state index in [1.165, 1.54) is 47.7 Å². The lowest BCUT2D eigenvalue weighted by Crippen LogP contribution is -2.25. The summed E-state index contributed by atoms with van der Waals surface area (Å²) in [5, 5.41) is 11.3. The van der Waals surface area contributed by atoms with Crippen molar-refractivity contribution in [3.63, 3.8) is 0 Å². The Morgan fingerprint density at radius 3 is 3.04 bits per heavy atom. The van der Waals surface area contributed by atoms with Crippen LogP contribution in [-0.4, -0.2) is 26.3 Å². The van der Waals surface area contributed by atoms with Gasteiger partial charge in [0, 0.05) is 25.7 Å². The number of pyridine rings is 1. The number of rotatable bonds is 2. The zero-order valence-electron chi connectivity index (χ0n) is 13.7. The molecule has 0 saturated carbocycles. The molecular formula is C18H21N5S. The van der Waals surface area contributed by atoms with E-state index in [0.717, 1.165) is 31.4 Å². The first-order valence-corrected chi connectivity index (χ1v) is 9.80. The van der Waals surface area contributed by atoms with Crippen LogP contribution < -0.4 is 4.90 Å². The third-order valence-corrected chi connectivity index (χ3v) is 6.25. The van der Waals surface area contributed by atoms with E-state index in [1.54, 1.807) is 11.3 Å². The van der Waals surface area contributed by atoms with Gasteiger partial charge in [-0.15, -0.1) is 21.5 Å². The lowest BCUT2D eigenvalue weighted by Gasteiger charge is -2.27. The highest BCUT2D eigenvalue weighted by Gasteiger charge is 2.32. The molecule has 5 rings (SSSR count). The van der Waals surface area contributed by atoms with Gasteiger partial charge in [0.05, 0.1) is 21.9 Å². The molecule has 0 bridgehead atoms. The molecule has 0 aliphatic carbocycles. The van der Waals surface area contributed by atoms with E-state index in [2.05, 4.69) is 42.2 Å². The smallest absolute Gasteiger partial charge is 0.155 e. The predicted octanol–water partition coefficient (Wildman–Crippen LogP) is 3.96. The third kappa shape index (κ3) is 2.24. The number of hydrogen-bond donors (Lipinski definition) is 0. The van der Waals surface area contributed by atoms with Crippen LogP contribution in [0, 0.1) is 0 Å². The average molecular weight is 339 g/mol. The highest BCUT2D eigenvalue weighted by Crippen LogP contribution is 2.40. The van der Waals surface area contributed by atoms with Crippen LogP contribution >= 0.6 is 11.3 Å². The van der Waals surface area contributed by atoms with Gasteiger partial charge in [-0.1, -0.05) is 6.42 Å². The quantitative estimate of drug-likeness (QED) is 0.709. The molecule has 0 N–H and O–H groups in total. The molecule has 6 heteroatoms. The van der Waals surface area contributed by atoms with E-state index in [0.29, 0.717) is 6.04 Å². The van der Waals surface area contributed by atoms with Gasteiger partial charge in [0.1, 0.15) is 5.82 Å². The van der Waals surface area contributed by atoms with Gasteiger partial charge < -0.3 is 9.47 Å². The van der Waals surface area contributed by atoms with E-state index in [-0.39, 0.29) is 0 Å². The molecule has 2 aliphatic rings. The van der Waals surface area contributed by atoms with Crippen LogP contribution in [0.5, 0.6) is 0 Å². The van der Waals surface area contributed by atoms with Gasteiger partial charge in [-0.2, -0.15) is 0 Å². The summed E-state index contributed by atoms with van der Waals surface area (Å²) in [4.78, 5) is 7.02. The van der Waals surface area contributed by atoms with Crippen LogP contribution in [0.15, 0.2) is 23.7 Å². The molecule has 1 saturated heterocycles. The first-order chi connectivity index (χ1) is 11.9. The summed E-state index contributed by atoms with van der Waals surface area (Å²) in [7, 11) is 0. The molecule has 1 unspecified atom stereocenters. The highest BCUT2D eigenvalue weighted by molar-refractivity contribution is 7.17. The van der Waals surface area contributed by atoms with Crippen molar-refractivity contribution in [2.24, 2.45) is 0 Å². The summed E-state index contributed by atoms with van der Waals surface area (Å²) in [6.07, 6.45) is 9.17. The van der Waals surface area contributed by atoms with E-state index < -0.39 is 0 Å². The van der Waals surface area contributed by atoms with Crippen molar-refractivity contribution < 1.29 is 0 Å². The van der Waals surface area contributed by atoms with E-state index in [1.807, 2.05) is 6.20 Å². The van der Waals surface area contributed by atoms with Crippen LogP contribution in [0.2, 0.25) is 0 Å². The molecule has 5 heterocycles. The summed E-state index contributed by atoms with van der Waals surface area (Å²) in [5.41, 5.74) is 2.41. The van der Waals surface area contributed by atoms with Crippen molar-refractivity contribution in [3.8, 4) is 0 Å². The fourth-order valence-corrected chi connectivity index (χ4v) is 5.04. The molecule has 0 aromatic carbocycles. The van der Waals surface area contributed by atoms with Crippen molar-refractivity contribution in [2.75, 3.05) is 11.4 Å². The number of hydrogen-bond acceptors (Lipinski definition) is 5. The summed E-state index contributed by atoms with van der Waals surface area (Å²) >= 11 is 1.79. The summed E-state index contributed by atoms with van der Waals surface area (Å²) < 4.78 is 3.70. The second kappa shape index (κ2) is 5.84. The second-order valence-corrected chi connectivity index (χ2v) is 7.67. The Kier molecular flexibility index (Phi) is 3.51. The van der Waals surface area contributed by atoms with Crippen LogP contribution in [0.4, 0.5) is 5.69 Å². The van der Waals surface area contributed by atoms with Gasteiger partial charge in [0.15, 0.2) is 5.82 Å². The Hall–Kier alpha value is -1.95. The fraction of sp³-hybridized carbons (Fsp3) is 0.500. The molecule has 3 aromatic rings. The summed E-state index contributed by atoms with van der Waals surface area (Å²) in [5.74, 6) is 2.36. The average Bonchev–Trinajstić information content (AvgIpc) is 3.31. The molecule has 0 spiro atoms. The third-order valence-electron chi connectivity index (χ3n) is 5.32. The Morgan fingerprint density at radius 1 is 1.04 bits per heavy atom. The predicted molar refractivity (Wildman–Crippen MR) is 96.5 cm³/mol. The van der Waals surface area contributed by atoms with Crippen LogP contribution in [0.25, 0.3) is 10.2 Å². The largest absolute Gasteiger partial charge is 0.360 e. The van der Waals surface area contributed by atoms with Crippen molar-refractivity contribution in [3.05, 3.63) is 35.4 Å². The van der Waals surface area contributed by atoms with Gasteiger partial charge in [-0.3, -0.25) is 4.98 Å². The van der Waals surface area contributed by atoms with Crippen molar-refractivity contribution >= 4 is 27.2 Å². The zero-order valence-corrected chi connectivity index (χ0v) is 14.5. The Morgan fingerprint density at radius 2 is 2.04 bits per heavy atom. The minimum Gasteiger partial charge on any atom is -0.360 e. The van der Waals surface area contributed by atoms with Gasteiger partial charge in [0.2, 0.25) is 0 Å².